The zero-order valence-electron chi connectivity index (χ0n) is 15.3. The summed E-state index contributed by atoms with van der Waals surface area (Å²) in [5.74, 6) is 0.809. The summed E-state index contributed by atoms with van der Waals surface area (Å²) >= 11 is 1.55. The van der Waals surface area contributed by atoms with E-state index in [9.17, 15) is 9.59 Å². The molecule has 2 amide bonds. The molecule has 1 saturated heterocycles. The topological polar surface area (TPSA) is 75.7 Å². The monoisotopic (exact) mass is 396 g/mol. The molecule has 1 aliphatic rings. The summed E-state index contributed by atoms with van der Waals surface area (Å²) in [5.41, 5.74) is 2.50. The number of aryl methyl sites for hydroxylation is 1. The molecule has 2 aromatic heterocycles. The van der Waals surface area contributed by atoms with Crippen LogP contribution in [0.1, 0.15) is 32.6 Å². The van der Waals surface area contributed by atoms with E-state index in [4.69, 9.17) is 8.83 Å². The number of hydrogen-bond donors (Lipinski definition) is 1. The number of amides is 2. The highest BCUT2D eigenvalue weighted by atomic mass is 32.2. The Kier molecular flexibility index (Phi) is 5.25. The van der Waals surface area contributed by atoms with Gasteiger partial charge in [0.25, 0.3) is 5.91 Å². The minimum Gasteiger partial charge on any atom is -0.472 e. The number of carbonyl (C=O) groups is 2. The maximum absolute atomic E-state index is 13.3. The molecule has 1 aromatic carbocycles. The van der Waals surface area contributed by atoms with Crippen LogP contribution in [0.2, 0.25) is 0 Å². The van der Waals surface area contributed by atoms with Crippen LogP contribution in [-0.2, 0) is 11.3 Å². The first-order valence-corrected chi connectivity index (χ1v) is 10.0. The van der Waals surface area contributed by atoms with Gasteiger partial charge in [0.1, 0.15) is 17.2 Å². The summed E-state index contributed by atoms with van der Waals surface area (Å²) in [6, 6.07) is 12.2. The maximum atomic E-state index is 13.3. The summed E-state index contributed by atoms with van der Waals surface area (Å²) in [4.78, 5) is 27.8. The van der Waals surface area contributed by atoms with E-state index in [1.54, 1.807) is 59.7 Å². The lowest BCUT2D eigenvalue weighted by atomic mass is 10.1. The molecule has 4 rings (SSSR count). The van der Waals surface area contributed by atoms with Crippen LogP contribution in [0.5, 0.6) is 0 Å². The molecule has 3 aromatic rings. The van der Waals surface area contributed by atoms with E-state index in [1.807, 2.05) is 25.1 Å². The summed E-state index contributed by atoms with van der Waals surface area (Å²) < 4.78 is 10.5. The van der Waals surface area contributed by atoms with Crippen LogP contribution in [0, 0.1) is 6.92 Å². The Hall–Kier alpha value is -2.93. The number of thioether (sulfide) groups is 1. The average molecular weight is 396 g/mol. The first kappa shape index (κ1) is 18.4. The van der Waals surface area contributed by atoms with E-state index in [0.29, 0.717) is 17.1 Å². The van der Waals surface area contributed by atoms with Crippen molar-refractivity contribution in [2.45, 2.75) is 24.9 Å². The molecular weight excluding hydrogens is 376 g/mol. The van der Waals surface area contributed by atoms with Crippen molar-refractivity contribution in [3.05, 3.63) is 83.7 Å². The van der Waals surface area contributed by atoms with Crippen LogP contribution in [0.3, 0.4) is 0 Å². The van der Waals surface area contributed by atoms with Gasteiger partial charge in [-0.15, -0.1) is 11.8 Å². The molecular formula is C21H20N2O4S. The highest BCUT2D eigenvalue weighted by molar-refractivity contribution is 7.99. The zero-order valence-corrected chi connectivity index (χ0v) is 16.1. The minimum absolute atomic E-state index is 0.172. The lowest BCUT2D eigenvalue weighted by Crippen LogP contribution is -2.47. The molecule has 6 nitrogen and oxygen atoms in total. The molecule has 0 radical (unpaired) electrons. The van der Waals surface area contributed by atoms with E-state index in [-0.39, 0.29) is 23.7 Å². The van der Waals surface area contributed by atoms with Gasteiger partial charge in [0, 0.05) is 16.9 Å². The van der Waals surface area contributed by atoms with Gasteiger partial charge in [0.05, 0.1) is 25.3 Å². The van der Waals surface area contributed by atoms with Crippen molar-refractivity contribution < 1.29 is 18.4 Å². The van der Waals surface area contributed by atoms with Crippen molar-refractivity contribution in [2.24, 2.45) is 0 Å². The van der Waals surface area contributed by atoms with Gasteiger partial charge in [-0.2, -0.15) is 0 Å². The van der Waals surface area contributed by atoms with Crippen molar-refractivity contribution in [1.29, 1.82) is 0 Å². The molecule has 144 valence electrons. The molecule has 3 heterocycles. The number of carbonyl (C=O) groups excluding carboxylic acids is 2. The number of benzene rings is 1. The number of rotatable bonds is 5. The molecule has 1 fully saturated rings. The predicted molar refractivity (Wildman–Crippen MR) is 106 cm³/mol. The second-order valence-electron chi connectivity index (χ2n) is 6.63. The van der Waals surface area contributed by atoms with Gasteiger partial charge in [0.15, 0.2) is 0 Å². The van der Waals surface area contributed by atoms with Gasteiger partial charge in [-0.25, -0.2) is 0 Å². The summed E-state index contributed by atoms with van der Waals surface area (Å²) in [6.45, 7) is 2.26. The Morgan fingerprint density at radius 1 is 1.18 bits per heavy atom. The molecule has 1 N–H and O–H groups in total. The van der Waals surface area contributed by atoms with Gasteiger partial charge in [-0.1, -0.05) is 17.7 Å². The highest BCUT2D eigenvalue weighted by Crippen LogP contribution is 2.42. The maximum Gasteiger partial charge on any atom is 0.255 e. The molecule has 0 saturated carbocycles. The number of nitrogens with one attached hydrogen (secondary N) is 1. The van der Waals surface area contributed by atoms with E-state index in [2.05, 4.69) is 5.32 Å². The molecule has 28 heavy (non-hydrogen) atoms. The van der Waals surface area contributed by atoms with Crippen LogP contribution in [0.15, 0.2) is 70.1 Å². The predicted octanol–water partition coefficient (Wildman–Crippen LogP) is 3.75. The molecule has 1 aliphatic heterocycles. The van der Waals surface area contributed by atoms with Gasteiger partial charge >= 0.3 is 0 Å². The fourth-order valence-electron chi connectivity index (χ4n) is 3.18. The fraction of sp³-hybridized carbons (Fsp3) is 0.238. The Morgan fingerprint density at radius 2 is 2.00 bits per heavy atom. The third kappa shape index (κ3) is 3.71. The number of furan rings is 2. The summed E-state index contributed by atoms with van der Waals surface area (Å²) in [6.07, 6.45) is 4.76. The Labute approximate surface area is 166 Å². The summed E-state index contributed by atoms with van der Waals surface area (Å²) in [7, 11) is 0. The zero-order chi connectivity index (χ0) is 19.5. The Bertz CT molecular complexity index is 935. The standard InChI is InChI=1S/C21H20N2O4S/c1-14-4-6-15(7-5-14)20(25)23-18(13-28-21(23)16-8-10-26-12-16)19(24)22-11-17-3-2-9-27-17/h2-10,12,18,21H,11,13H2,1H3,(H,22,24). The molecule has 0 spiro atoms. The lowest BCUT2D eigenvalue weighted by molar-refractivity contribution is -0.125. The van der Waals surface area contributed by atoms with Gasteiger partial charge in [-0.3, -0.25) is 9.59 Å². The minimum atomic E-state index is -0.575. The third-order valence-electron chi connectivity index (χ3n) is 4.68. The quantitative estimate of drug-likeness (QED) is 0.711. The van der Waals surface area contributed by atoms with E-state index in [1.165, 1.54) is 0 Å². The lowest BCUT2D eigenvalue weighted by Gasteiger charge is -2.28. The SMILES string of the molecule is Cc1ccc(C(=O)N2C(C(=O)NCc3ccco3)CSC2c2ccoc2)cc1. The molecule has 2 unspecified atom stereocenters. The molecule has 0 aliphatic carbocycles. The van der Waals surface area contributed by atoms with Gasteiger partial charge < -0.3 is 19.1 Å². The molecule has 2 atom stereocenters. The van der Waals surface area contributed by atoms with Crippen molar-refractivity contribution in [3.8, 4) is 0 Å². The average Bonchev–Trinajstić information content (AvgIpc) is 3.47. The highest BCUT2D eigenvalue weighted by Gasteiger charge is 2.42. The van der Waals surface area contributed by atoms with Crippen LogP contribution in [-0.4, -0.2) is 28.5 Å². The van der Waals surface area contributed by atoms with Crippen molar-refractivity contribution in [2.75, 3.05) is 5.75 Å². The number of nitrogens with zero attached hydrogens (tertiary/aromatic N) is 1. The van der Waals surface area contributed by atoms with E-state index < -0.39 is 6.04 Å². The smallest absolute Gasteiger partial charge is 0.255 e. The third-order valence-corrected chi connectivity index (χ3v) is 6.00. The summed E-state index contributed by atoms with van der Waals surface area (Å²) in [5, 5.41) is 2.60. The van der Waals surface area contributed by atoms with Crippen LogP contribution >= 0.6 is 11.8 Å². The fourth-order valence-corrected chi connectivity index (χ4v) is 4.59. The van der Waals surface area contributed by atoms with Crippen LogP contribution in [0.4, 0.5) is 0 Å². The van der Waals surface area contributed by atoms with Crippen molar-refractivity contribution >= 4 is 23.6 Å². The number of hydrogen-bond acceptors (Lipinski definition) is 5. The van der Waals surface area contributed by atoms with E-state index in [0.717, 1.165) is 11.1 Å². The second-order valence-corrected chi connectivity index (χ2v) is 7.75. The van der Waals surface area contributed by atoms with Gasteiger partial charge in [0.2, 0.25) is 5.91 Å². The largest absolute Gasteiger partial charge is 0.472 e. The first-order chi connectivity index (χ1) is 13.6. The Morgan fingerprint density at radius 3 is 2.68 bits per heavy atom. The van der Waals surface area contributed by atoms with Gasteiger partial charge in [-0.05, 0) is 37.3 Å². The molecule has 0 bridgehead atoms. The van der Waals surface area contributed by atoms with Crippen molar-refractivity contribution in [3.63, 3.8) is 0 Å². The van der Waals surface area contributed by atoms with Crippen LogP contribution in [0.25, 0.3) is 0 Å². The first-order valence-electron chi connectivity index (χ1n) is 8.96. The Balaban J connectivity index is 1.58. The molecule has 7 heteroatoms. The van der Waals surface area contributed by atoms with Crippen LogP contribution < -0.4 is 5.32 Å². The normalized spacial score (nSPS) is 19.0. The van der Waals surface area contributed by atoms with E-state index >= 15 is 0 Å². The second kappa shape index (κ2) is 7.98. The van der Waals surface area contributed by atoms with Crippen molar-refractivity contribution in [1.82, 2.24) is 10.2 Å².